The van der Waals surface area contributed by atoms with E-state index in [1.165, 1.54) is 44.8 Å². The summed E-state index contributed by atoms with van der Waals surface area (Å²) >= 11 is 0. The number of rotatable bonds is 5. The van der Waals surface area contributed by atoms with Crippen LogP contribution >= 0.6 is 0 Å². The molecule has 3 aliphatic rings. The smallest absolute Gasteiger partial charge is 0.145 e. The first-order chi connectivity index (χ1) is 29.6. The highest BCUT2D eigenvalue weighted by Gasteiger charge is 2.51. The lowest BCUT2D eigenvalue weighted by atomic mass is 9.64. The Morgan fingerprint density at radius 2 is 1.02 bits per heavy atom. The van der Waals surface area contributed by atoms with Crippen molar-refractivity contribution >= 4 is 28.5 Å². The lowest BCUT2D eigenvalue weighted by Gasteiger charge is -2.45. The quantitative estimate of drug-likeness (QED) is 0.189. The molecular weight excluding hydrogens is 731 g/mol. The molecular formula is C55H35N5. The zero-order chi connectivity index (χ0) is 40.2. The fourth-order valence-electron chi connectivity index (χ4n) is 9.46. The van der Waals surface area contributed by atoms with Crippen LogP contribution in [0.4, 0.5) is 17.1 Å². The number of fused-ring (bicyclic) bond motifs is 9. The molecule has 1 aliphatic carbocycles. The molecule has 1 atom stereocenters. The van der Waals surface area contributed by atoms with Gasteiger partial charge < -0.3 is 10.2 Å². The normalized spacial score (nSPS) is 15.2. The monoisotopic (exact) mass is 765 g/mol. The van der Waals surface area contributed by atoms with Gasteiger partial charge in [-0.2, -0.15) is 10.5 Å². The minimum Gasteiger partial charge on any atom is -0.360 e. The van der Waals surface area contributed by atoms with Crippen LogP contribution in [0.2, 0.25) is 0 Å². The summed E-state index contributed by atoms with van der Waals surface area (Å²) in [6.07, 6.45) is 1.71. The minimum atomic E-state index is -0.530. The molecule has 0 amide bonds. The van der Waals surface area contributed by atoms with Crippen LogP contribution in [0.5, 0.6) is 0 Å². The molecule has 8 aromatic rings. The van der Waals surface area contributed by atoms with Gasteiger partial charge in [-0.05, 0) is 122 Å². The molecule has 0 saturated heterocycles. The molecule has 60 heavy (non-hydrogen) atoms. The Kier molecular flexibility index (Phi) is 8.15. The Labute approximate surface area is 349 Å². The second-order valence-electron chi connectivity index (χ2n) is 15.4. The van der Waals surface area contributed by atoms with Gasteiger partial charge in [0.2, 0.25) is 0 Å². The van der Waals surface area contributed by atoms with Crippen molar-refractivity contribution < 1.29 is 0 Å². The summed E-state index contributed by atoms with van der Waals surface area (Å²) in [7, 11) is 0. The Hall–Kier alpha value is -8.25. The maximum Gasteiger partial charge on any atom is 0.145 e. The van der Waals surface area contributed by atoms with E-state index in [-0.39, 0.29) is 6.17 Å². The summed E-state index contributed by atoms with van der Waals surface area (Å²) in [6.45, 7) is 0. The standard InChI is InChI=1S/C55H35N5/c56-34-36-18-22-39(23-19-36)50-33-51(59-54(58-50)41-24-20-37(35-57)21-25-41)40-28-26-38(27-29-40)42-30-31-45-44-12-4-5-13-46(44)55(49(45)32-42)47-14-6-8-16-52(47)60(43-10-2-1-3-11-43)53-17-9-7-15-48(53)55/h1-33,54,58H. The molecule has 0 bridgehead atoms. The van der Waals surface area contributed by atoms with E-state index in [9.17, 15) is 10.5 Å². The number of para-hydroxylation sites is 3. The van der Waals surface area contributed by atoms with E-state index >= 15 is 0 Å². The molecule has 5 heteroatoms. The van der Waals surface area contributed by atoms with Crippen LogP contribution in [0.25, 0.3) is 28.0 Å². The molecule has 2 aliphatic heterocycles. The highest BCUT2D eigenvalue weighted by atomic mass is 15.2. The average molecular weight is 766 g/mol. The van der Waals surface area contributed by atoms with Crippen LogP contribution in [0.1, 0.15) is 56.2 Å². The van der Waals surface area contributed by atoms with Crippen molar-refractivity contribution in [1.82, 2.24) is 5.32 Å². The minimum absolute atomic E-state index is 0.364. The van der Waals surface area contributed by atoms with Crippen LogP contribution in [-0.2, 0) is 5.41 Å². The maximum atomic E-state index is 9.42. The summed E-state index contributed by atoms with van der Waals surface area (Å²) in [5.41, 5.74) is 18.7. The molecule has 0 fully saturated rings. The fraction of sp³-hybridized carbons (Fsp3) is 0.0364. The number of nitriles is 2. The summed E-state index contributed by atoms with van der Waals surface area (Å²) < 4.78 is 0. The SMILES string of the molecule is N#Cc1ccc(C2=CC(c3ccc(-c4ccc5c(c4)C4(c6ccccc6-5)c5ccccc5N(c5ccccc5)c5ccccc54)cc3)=NC(c3ccc(C#N)cc3)N2)cc1. The fourth-order valence-corrected chi connectivity index (χ4v) is 9.46. The number of hydrogen-bond donors (Lipinski definition) is 1. The number of benzene rings is 8. The Morgan fingerprint density at radius 1 is 0.483 bits per heavy atom. The van der Waals surface area contributed by atoms with Crippen molar-refractivity contribution in [1.29, 1.82) is 10.5 Å². The van der Waals surface area contributed by atoms with Gasteiger partial charge in [0.05, 0.1) is 45.8 Å². The van der Waals surface area contributed by atoms with Crippen molar-refractivity contribution in [3.05, 3.63) is 250 Å². The molecule has 11 rings (SSSR count). The number of hydrogen-bond acceptors (Lipinski definition) is 5. The summed E-state index contributed by atoms with van der Waals surface area (Å²) in [5, 5.41) is 22.4. The molecule has 0 radical (unpaired) electrons. The van der Waals surface area contributed by atoms with Gasteiger partial charge in [-0.25, -0.2) is 0 Å². The number of nitrogens with zero attached hydrogens (tertiary/aromatic N) is 4. The van der Waals surface area contributed by atoms with E-state index in [0.29, 0.717) is 11.1 Å². The Morgan fingerprint density at radius 3 is 1.68 bits per heavy atom. The number of anilines is 3. The van der Waals surface area contributed by atoms with Crippen LogP contribution in [0.15, 0.2) is 205 Å². The first-order valence-electron chi connectivity index (χ1n) is 20.1. The molecule has 1 spiro atoms. The van der Waals surface area contributed by atoms with Gasteiger partial charge in [-0.1, -0.05) is 140 Å². The lowest BCUT2D eigenvalue weighted by Crippen LogP contribution is -2.36. The topological polar surface area (TPSA) is 75.2 Å². The van der Waals surface area contributed by atoms with E-state index in [4.69, 9.17) is 4.99 Å². The highest BCUT2D eigenvalue weighted by Crippen LogP contribution is 2.63. The molecule has 1 unspecified atom stereocenters. The molecule has 2 heterocycles. The van der Waals surface area contributed by atoms with E-state index in [1.807, 2.05) is 48.5 Å². The number of allylic oxidation sites excluding steroid dienone is 1. The van der Waals surface area contributed by atoms with Gasteiger partial charge in [0.1, 0.15) is 6.17 Å². The van der Waals surface area contributed by atoms with Crippen LogP contribution < -0.4 is 10.2 Å². The zero-order valence-corrected chi connectivity index (χ0v) is 32.4. The first kappa shape index (κ1) is 35.0. The maximum absolute atomic E-state index is 9.42. The highest BCUT2D eigenvalue weighted by molar-refractivity contribution is 6.13. The Balaban J connectivity index is 1.03. The van der Waals surface area contributed by atoms with Gasteiger partial charge >= 0.3 is 0 Å². The second kappa shape index (κ2) is 14.0. The van der Waals surface area contributed by atoms with Crippen LogP contribution in [0, 0.1) is 22.7 Å². The molecule has 1 N–H and O–H groups in total. The first-order valence-corrected chi connectivity index (χ1v) is 20.1. The van der Waals surface area contributed by atoms with Crippen molar-refractivity contribution in [3.63, 3.8) is 0 Å². The largest absolute Gasteiger partial charge is 0.360 e. The number of nitrogens with one attached hydrogen (secondary N) is 1. The average Bonchev–Trinajstić information content (AvgIpc) is 3.62. The van der Waals surface area contributed by atoms with E-state index in [0.717, 1.165) is 44.9 Å². The van der Waals surface area contributed by atoms with E-state index < -0.39 is 5.41 Å². The van der Waals surface area contributed by atoms with E-state index in [2.05, 4.69) is 174 Å². The Bertz CT molecular complexity index is 3080. The third-order valence-electron chi connectivity index (χ3n) is 12.2. The van der Waals surface area contributed by atoms with Gasteiger partial charge in [-0.15, -0.1) is 0 Å². The molecule has 5 nitrogen and oxygen atoms in total. The van der Waals surface area contributed by atoms with Gasteiger partial charge in [-0.3, -0.25) is 4.99 Å². The zero-order valence-electron chi connectivity index (χ0n) is 32.4. The van der Waals surface area contributed by atoms with Crippen LogP contribution in [0.3, 0.4) is 0 Å². The predicted octanol–water partition coefficient (Wildman–Crippen LogP) is 12.4. The van der Waals surface area contributed by atoms with E-state index in [1.54, 1.807) is 0 Å². The molecule has 280 valence electrons. The lowest BCUT2D eigenvalue weighted by molar-refractivity contribution is 0.664. The second-order valence-corrected chi connectivity index (χ2v) is 15.4. The summed E-state index contributed by atoms with van der Waals surface area (Å²) in [4.78, 5) is 7.59. The predicted molar refractivity (Wildman–Crippen MR) is 240 cm³/mol. The van der Waals surface area contributed by atoms with Crippen LogP contribution in [-0.4, -0.2) is 5.71 Å². The van der Waals surface area contributed by atoms with Gasteiger partial charge in [0.25, 0.3) is 0 Å². The molecule has 0 aromatic heterocycles. The molecule has 8 aromatic carbocycles. The number of aliphatic imine (C=N–C) groups is 1. The summed E-state index contributed by atoms with van der Waals surface area (Å²) in [6, 6.07) is 72.7. The van der Waals surface area contributed by atoms with Crippen molar-refractivity contribution in [3.8, 4) is 34.4 Å². The summed E-state index contributed by atoms with van der Waals surface area (Å²) in [5.74, 6) is 0. The third-order valence-corrected chi connectivity index (χ3v) is 12.2. The van der Waals surface area contributed by atoms with Gasteiger partial charge in [0, 0.05) is 11.4 Å². The van der Waals surface area contributed by atoms with Crippen molar-refractivity contribution in [2.24, 2.45) is 4.99 Å². The van der Waals surface area contributed by atoms with Crippen molar-refractivity contribution in [2.75, 3.05) is 4.90 Å². The molecule has 0 saturated carbocycles. The third kappa shape index (κ3) is 5.42. The van der Waals surface area contributed by atoms with Gasteiger partial charge in [0.15, 0.2) is 0 Å². The van der Waals surface area contributed by atoms with Crippen molar-refractivity contribution in [2.45, 2.75) is 11.6 Å².